The number of carbonyl (C=O) groups is 1. The van der Waals surface area contributed by atoms with Crippen LogP contribution in [0.5, 0.6) is 0 Å². The van der Waals surface area contributed by atoms with E-state index in [0.717, 1.165) is 17.7 Å². The molecular weight excluding hydrogens is 324 g/mol. The van der Waals surface area contributed by atoms with Crippen LogP contribution in [0.2, 0.25) is 0 Å². The standard InChI is InChI=1S/C14H18N2O4S2/c1-2-3-7-22(19,20)16-13-10(8-15)12-9(14(17)18)5-4-6-11(12)21-13/h9,16H,2-7H2,1H3,(H,17,18). The molecule has 0 aliphatic heterocycles. The predicted octanol–water partition coefficient (Wildman–Crippen LogP) is 2.67. The molecule has 22 heavy (non-hydrogen) atoms. The third-order valence-electron chi connectivity index (χ3n) is 3.69. The van der Waals surface area contributed by atoms with Gasteiger partial charge in [0.05, 0.1) is 17.2 Å². The lowest BCUT2D eigenvalue weighted by Crippen LogP contribution is -2.18. The summed E-state index contributed by atoms with van der Waals surface area (Å²) < 4.78 is 26.5. The molecule has 1 aromatic heterocycles. The van der Waals surface area contributed by atoms with Crippen molar-refractivity contribution in [2.45, 2.75) is 44.9 Å². The molecule has 120 valence electrons. The maximum Gasteiger partial charge on any atom is 0.311 e. The van der Waals surface area contributed by atoms with Crippen molar-refractivity contribution in [1.29, 1.82) is 5.26 Å². The predicted molar refractivity (Wildman–Crippen MR) is 84.7 cm³/mol. The fraction of sp³-hybridized carbons (Fsp3) is 0.571. The number of nitriles is 1. The minimum Gasteiger partial charge on any atom is -0.481 e. The lowest BCUT2D eigenvalue weighted by Gasteiger charge is -2.18. The van der Waals surface area contributed by atoms with E-state index in [1.165, 1.54) is 11.3 Å². The van der Waals surface area contributed by atoms with Crippen LogP contribution >= 0.6 is 11.3 Å². The van der Waals surface area contributed by atoms with E-state index in [1.54, 1.807) is 0 Å². The zero-order valence-electron chi connectivity index (χ0n) is 12.3. The second-order valence-corrected chi connectivity index (χ2v) is 8.26. The Kier molecular flexibility index (Phi) is 5.08. The normalized spacial score (nSPS) is 17.5. The third kappa shape index (κ3) is 3.42. The zero-order valence-corrected chi connectivity index (χ0v) is 13.9. The molecule has 0 bridgehead atoms. The Balaban J connectivity index is 2.39. The Labute approximate surface area is 133 Å². The fourth-order valence-corrected chi connectivity index (χ4v) is 5.42. The van der Waals surface area contributed by atoms with Gasteiger partial charge in [0.1, 0.15) is 11.1 Å². The molecular formula is C14H18N2O4S2. The van der Waals surface area contributed by atoms with Crippen LogP contribution in [0.25, 0.3) is 0 Å². The average Bonchev–Trinajstić information content (AvgIpc) is 2.80. The zero-order chi connectivity index (χ0) is 16.3. The third-order valence-corrected chi connectivity index (χ3v) is 6.34. The molecule has 6 nitrogen and oxygen atoms in total. The summed E-state index contributed by atoms with van der Waals surface area (Å²) in [5.41, 5.74) is 0.673. The number of anilines is 1. The van der Waals surface area contributed by atoms with E-state index in [0.29, 0.717) is 24.8 Å². The fourth-order valence-electron chi connectivity index (χ4n) is 2.61. The SMILES string of the molecule is CCCCS(=O)(=O)Nc1sc2c(c1C#N)C(C(=O)O)CCC2. The molecule has 1 atom stereocenters. The van der Waals surface area contributed by atoms with Crippen LogP contribution < -0.4 is 4.72 Å². The Morgan fingerprint density at radius 2 is 2.27 bits per heavy atom. The van der Waals surface area contributed by atoms with Crippen molar-refractivity contribution in [2.75, 3.05) is 10.5 Å². The molecule has 0 saturated carbocycles. The maximum absolute atomic E-state index is 12.0. The van der Waals surface area contributed by atoms with Gasteiger partial charge in [-0.2, -0.15) is 5.26 Å². The van der Waals surface area contributed by atoms with E-state index in [-0.39, 0.29) is 16.3 Å². The van der Waals surface area contributed by atoms with Crippen LogP contribution in [0.1, 0.15) is 54.5 Å². The summed E-state index contributed by atoms with van der Waals surface area (Å²) in [6.07, 6.45) is 3.20. The summed E-state index contributed by atoms with van der Waals surface area (Å²) in [4.78, 5) is 12.2. The highest BCUT2D eigenvalue weighted by molar-refractivity contribution is 7.92. The topological polar surface area (TPSA) is 107 Å². The number of rotatable bonds is 6. The van der Waals surface area contributed by atoms with Crippen LogP contribution in [0, 0.1) is 11.3 Å². The van der Waals surface area contributed by atoms with E-state index < -0.39 is 21.9 Å². The number of sulfonamides is 1. The number of thiophene rings is 1. The van der Waals surface area contributed by atoms with Crippen molar-refractivity contribution in [3.63, 3.8) is 0 Å². The highest BCUT2D eigenvalue weighted by Gasteiger charge is 2.33. The van der Waals surface area contributed by atoms with Gasteiger partial charge < -0.3 is 5.11 Å². The van der Waals surface area contributed by atoms with Gasteiger partial charge in [-0.1, -0.05) is 13.3 Å². The minimum absolute atomic E-state index is 0.000700. The van der Waals surface area contributed by atoms with Crippen LogP contribution in [0.3, 0.4) is 0 Å². The number of nitrogens with zero attached hydrogens (tertiary/aromatic N) is 1. The van der Waals surface area contributed by atoms with E-state index >= 15 is 0 Å². The highest BCUT2D eigenvalue weighted by atomic mass is 32.2. The molecule has 1 aliphatic rings. The number of hydrogen-bond donors (Lipinski definition) is 2. The molecule has 0 aromatic carbocycles. The van der Waals surface area contributed by atoms with E-state index in [1.807, 2.05) is 13.0 Å². The summed E-state index contributed by atoms with van der Waals surface area (Å²) in [7, 11) is -3.50. The molecule has 1 unspecified atom stereocenters. The van der Waals surface area contributed by atoms with Gasteiger partial charge in [0.25, 0.3) is 0 Å². The van der Waals surface area contributed by atoms with E-state index in [2.05, 4.69) is 4.72 Å². The number of fused-ring (bicyclic) bond motifs is 1. The molecule has 1 aromatic rings. The summed E-state index contributed by atoms with van der Waals surface area (Å²) >= 11 is 1.19. The Morgan fingerprint density at radius 1 is 1.55 bits per heavy atom. The molecule has 0 saturated heterocycles. The monoisotopic (exact) mass is 342 g/mol. The van der Waals surface area contributed by atoms with Crippen LogP contribution in [-0.4, -0.2) is 25.2 Å². The van der Waals surface area contributed by atoms with Crippen LogP contribution in [-0.2, 0) is 21.2 Å². The van der Waals surface area contributed by atoms with Gasteiger partial charge >= 0.3 is 5.97 Å². The molecule has 0 amide bonds. The van der Waals surface area contributed by atoms with E-state index in [9.17, 15) is 23.6 Å². The Morgan fingerprint density at radius 3 is 2.86 bits per heavy atom. The first-order chi connectivity index (χ1) is 10.4. The number of unbranched alkanes of at least 4 members (excludes halogenated alkanes) is 1. The lowest BCUT2D eigenvalue weighted by atomic mass is 9.85. The maximum atomic E-state index is 12.0. The van der Waals surface area contributed by atoms with Gasteiger partial charge in [-0.15, -0.1) is 11.3 Å². The summed E-state index contributed by atoms with van der Waals surface area (Å²) in [6.45, 7) is 1.90. The number of carboxylic acid groups (broad SMARTS) is 1. The van der Waals surface area contributed by atoms with Gasteiger partial charge in [0.2, 0.25) is 10.0 Å². The second kappa shape index (κ2) is 6.67. The van der Waals surface area contributed by atoms with Crippen molar-refractivity contribution in [2.24, 2.45) is 0 Å². The van der Waals surface area contributed by atoms with Crippen molar-refractivity contribution >= 4 is 32.3 Å². The van der Waals surface area contributed by atoms with Crippen molar-refractivity contribution in [3.8, 4) is 6.07 Å². The lowest BCUT2D eigenvalue weighted by molar-refractivity contribution is -0.139. The molecule has 0 fully saturated rings. The molecule has 8 heteroatoms. The van der Waals surface area contributed by atoms with Gasteiger partial charge in [0.15, 0.2) is 0 Å². The van der Waals surface area contributed by atoms with Gasteiger partial charge in [-0.25, -0.2) is 8.42 Å². The summed E-state index contributed by atoms with van der Waals surface area (Å²) in [5.74, 6) is -1.68. The number of hydrogen-bond acceptors (Lipinski definition) is 5. The number of carboxylic acids is 1. The molecule has 1 heterocycles. The second-order valence-electron chi connectivity index (χ2n) is 5.31. The van der Waals surface area contributed by atoms with Gasteiger partial charge in [-0.05, 0) is 25.7 Å². The van der Waals surface area contributed by atoms with E-state index in [4.69, 9.17) is 0 Å². The summed E-state index contributed by atoms with van der Waals surface area (Å²) in [5, 5.41) is 18.9. The Hall–Kier alpha value is -1.59. The van der Waals surface area contributed by atoms with Crippen LogP contribution in [0.15, 0.2) is 0 Å². The number of aryl methyl sites for hydroxylation is 1. The Bertz CT molecular complexity index is 716. The average molecular weight is 342 g/mol. The highest BCUT2D eigenvalue weighted by Crippen LogP contribution is 2.43. The number of nitrogens with one attached hydrogen (secondary N) is 1. The van der Waals surface area contributed by atoms with Crippen molar-refractivity contribution in [1.82, 2.24) is 0 Å². The first-order valence-corrected chi connectivity index (χ1v) is 9.65. The van der Waals surface area contributed by atoms with Gasteiger partial charge in [-0.3, -0.25) is 9.52 Å². The van der Waals surface area contributed by atoms with Crippen LogP contribution in [0.4, 0.5) is 5.00 Å². The smallest absolute Gasteiger partial charge is 0.311 e. The first kappa shape index (κ1) is 16.8. The van der Waals surface area contributed by atoms with Crippen molar-refractivity contribution in [3.05, 3.63) is 16.0 Å². The summed E-state index contributed by atoms with van der Waals surface area (Å²) in [6, 6.07) is 1.99. The minimum atomic E-state index is -3.50. The number of aliphatic carboxylic acids is 1. The van der Waals surface area contributed by atoms with Crippen molar-refractivity contribution < 1.29 is 18.3 Å². The molecule has 0 radical (unpaired) electrons. The largest absolute Gasteiger partial charge is 0.481 e. The molecule has 1 aliphatic carbocycles. The first-order valence-electron chi connectivity index (χ1n) is 7.18. The molecule has 2 N–H and O–H groups in total. The molecule has 0 spiro atoms. The molecule has 2 rings (SSSR count). The van der Waals surface area contributed by atoms with Gasteiger partial charge in [0, 0.05) is 10.4 Å². The quantitative estimate of drug-likeness (QED) is 0.826.